The predicted molar refractivity (Wildman–Crippen MR) is 77.6 cm³/mol. The molecule has 2 aliphatic carbocycles. The number of Topliss-reactive ketones (excluding diaryl/α,β-unsaturated/α-hetero) is 1. The number of hydrogen-bond donors (Lipinski definition) is 0. The minimum absolute atomic E-state index is 0.0930. The SMILES string of the molecule is O=C(C1CCOC2(CCC2)C1)C1CC1c1ccccc1. The molecule has 1 aromatic rings. The molecule has 20 heavy (non-hydrogen) atoms. The van der Waals surface area contributed by atoms with Gasteiger partial charge in [-0.15, -0.1) is 0 Å². The molecule has 1 heterocycles. The van der Waals surface area contributed by atoms with Crippen molar-refractivity contribution in [2.24, 2.45) is 11.8 Å². The lowest BCUT2D eigenvalue weighted by molar-refractivity contribution is -0.156. The molecule has 3 unspecified atom stereocenters. The molecule has 3 aliphatic rings. The van der Waals surface area contributed by atoms with E-state index in [1.54, 1.807) is 0 Å². The lowest BCUT2D eigenvalue weighted by atomic mass is 9.70. The highest BCUT2D eigenvalue weighted by Crippen LogP contribution is 2.52. The van der Waals surface area contributed by atoms with Crippen molar-refractivity contribution in [3.05, 3.63) is 35.9 Å². The van der Waals surface area contributed by atoms with Crippen molar-refractivity contribution in [2.45, 2.75) is 50.0 Å². The van der Waals surface area contributed by atoms with Crippen LogP contribution in [0.2, 0.25) is 0 Å². The standard InChI is InChI=1S/C18H22O2/c19-17(14-7-10-20-18(12-14)8-4-9-18)16-11-15(16)13-5-2-1-3-6-13/h1-3,5-6,14-16H,4,7-12H2. The van der Waals surface area contributed by atoms with Gasteiger partial charge >= 0.3 is 0 Å². The summed E-state index contributed by atoms with van der Waals surface area (Å²) in [5.41, 5.74) is 1.44. The third-order valence-corrected chi connectivity index (χ3v) is 5.54. The highest BCUT2D eigenvalue weighted by atomic mass is 16.5. The monoisotopic (exact) mass is 270 g/mol. The van der Waals surface area contributed by atoms with Gasteiger partial charge < -0.3 is 4.74 Å². The molecule has 0 amide bonds. The zero-order valence-corrected chi connectivity index (χ0v) is 11.9. The molecule has 4 rings (SSSR count). The van der Waals surface area contributed by atoms with Crippen LogP contribution < -0.4 is 0 Å². The predicted octanol–water partition coefficient (Wildman–Crippen LogP) is 3.71. The van der Waals surface area contributed by atoms with Crippen molar-refractivity contribution in [3.8, 4) is 0 Å². The summed E-state index contributed by atoms with van der Waals surface area (Å²) in [5.74, 6) is 1.57. The first-order valence-electron chi connectivity index (χ1n) is 8.00. The summed E-state index contributed by atoms with van der Waals surface area (Å²) in [5, 5.41) is 0. The number of carbonyl (C=O) groups is 1. The second-order valence-corrected chi connectivity index (χ2v) is 6.84. The molecule has 1 aromatic carbocycles. The third-order valence-electron chi connectivity index (χ3n) is 5.54. The Kier molecular flexibility index (Phi) is 2.95. The van der Waals surface area contributed by atoms with Crippen LogP contribution in [0.15, 0.2) is 30.3 Å². The normalized spacial score (nSPS) is 34.5. The highest BCUT2D eigenvalue weighted by molar-refractivity contribution is 5.87. The Bertz CT molecular complexity index is 503. The fraction of sp³-hybridized carbons (Fsp3) is 0.611. The Balaban J connectivity index is 1.41. The molecule has 3 fully saturated rings. The van der Waals surface area contributed by atoms with E-state index in [-0.39, 0.29) is 17.4 Å². The van der Waals surface area contributed by atoms with Crippen molar-refractivity contribution in [1.82, 2.24) is 0 Å². The summed E-state index contributed by atoms with van der Waals surface area (Å²) in [7, 11) is 0. The molecule has 2 saturated carbocycles. The van der Waals surface area contributed by atoms with Gasteiger partial charge in [-0.25, -0.2) is 0 Å². The van der Waals surface area contributed by atoms with E-state index in [1.165, 1.54) is 24.8 Å². The van der Waals surface area contributed by atoms with E-state index >= 15 is 0 Å². The Hall–Kier alpha value is -1.15. The zero-order chi connectivity index (χ0) is 13.6. The van der Waals surface area contributed by atoms with Gasteiger partial charge in [-0.3, -0.25) is 4.79 Å². The quantitative estimate of drug-likeness (QED) is 0.837. The molecule has 1 saturated heterocycles. The third kappa shape index (κ3) is 2.10. The Morgan fingerprint density at radius 2 is 2.00 bits per heavy atom. The molecule has 1 spiro atoms. The van der Waals surface area contributed by atoms with Crippen molar-refractivity contribution in [3.63, 3.8) is 0 Å². The van der Waals surface area contributed by atoms with Crippen LogP contribution in [-0.2, 0) is 9.53 Å². The molecular formula is C18H22O2. The lowest BCUT2D eigenvalue weighted by Gasteiger charge is -2.47. The molecule has 106 valence electrons. The molecule has 0 aromatic heterocycles. The van der Waals surface area contributed by atoms with Crippen LogP contribution >= 0.6 is 0 Å². The maximum atomic E-state index is 12.7. The smallest absolute Gasteiger partial charge is 0.139 e. The lowest BCUT2D eigenvalue weighted by Crippen LogP contribution is -2.47. The van der Waals surface area contributed by atoms with Gasteiger partial charge in [-0.05, 0) is 50.0 Å². The van der Waals surface area contributed by atoms with Gasteiger partial charge in [-0.2, -0.15) is 0 Å². The van der Waals surface area contributed by atoms with Gasteiger partial charge in [0.15, 0.2) is 0 Å². The topological polar surface area (TPSA) is 26.3 Å². The van der Waals surface area contributed by atoms with E-state index < -0.39 is 0 Å². The number of ketones is 1. The van der Waals surface area contributed by atoms with Gasteiger partial charge in [0.2, 0.25) is 0 Å². The van der Waals surface area contributed by atoms with E-state index in [1.807, 2.05) is 6.07 Å². The van der Waals surface area contributed by atoms with Crippen molar-refractivity contribution >= 4 is 5.78 Å². The van der Waals surface area contributed by atoms with Crippen LogP contribution in [0.25, 0.3) is 0 Å². The first-order valence-corrected chi connectivity index (χ1v) is 8.00. The maximum Gasteiger partial charge on any atom is 0.139 e. The van der Waals surface area contributed by atoms with Crippen LogP contribution in [0.1, 0.15) is 50.0 Å². The molecule has 0 radical (unpaired) electrons. The number of benzene rings is 1. The first kappa shape index (κ1) is 12.6. The second-order valence-electron chi connectivity index (χ2n) is 6.84. The summed E-state index contributed by atoms with van der Waals surface area (Å²) < 4.78 is 5.94. The number of ether oxygens (including phenoxy) is 1. The van der Waals surface area contributed by atoms with E-state index in [0.717, 1.165) is 25.9 Å². The summed E-state index contributed by atoms with van der Waals surface area (Å²) in [6, 6.07) is 10.5. The highest BCUT2D eigenvalue weighted by Gasteiger charge is 2.50. The van der Waals surface area contributed by atoms with Crippen LogP contribution in [0.4, 0.5) is 0 Å². The molecule has 0 N–H and O–H groups in total. The minimum Gasteiger partial charge on any atom is -0.375 e. The van der Waals surface area contributed by atoms with E-state index in [2.05, 4.69) is 24.3 Å². The molecule has 1 aliphatic heterocycles. The van der Waals surface area contributed by atoms with Gasteiger partial charge in [-0.1, -0.05) is 30.3 Å². The van der Waals surface area contributed by atoms with E-state index in [9.17, 15) is 4.79 Å². The first-order chi connectivity index (χ1) is 9.77. The van der Waals surface area contributed by atoms with Gasteiger partial charge in [0, 0.05) is 18.4 Å². The average molecular weight is 270 g/mol. The van der Waals surface area contributed by atoms with Crippen molar-refractivity contribution in [1.29, 1.82) is 0 Å². The Labute approximate surface area is 120 Å². The maximum absolute atomic E-state index is 12.7. The number of carbonyl (C=O) groups excluding carboxylic acids is 1. The van der Waals surface area contributed by atoms with E-state index in [0.29, 0.717) is 11.7 Å². The molecule has 2 nitrogen and oxygen atoms in total. The Morgan fingerprint density at radius 1 is 1.20 bits per heavy atom. The van der Waals surface area contributed by atoms with Gasteiger partial charge in [0.25, 0.3) is 0 Å². The zero-order valence-electron chi connectivity index (χ0n) is 11.9. The van der Waals surface area contributed by atoms with Gasteiger partial charge in [0.05, 0.1) is 5.60 Å². The summed E-state index contributed by atoms with van der Waals surface area (Å²) >= 11 is 0. The molecule has 2 heteroatoms. The second kappa shape index (κ2) is 4.70. The van der Waals surface area contributed by atoms with Crippen LogP contribution in [-0.4, -0.2) is 18.0 Å². The fourth-order valence-electron chi connectivity index (χ4n) is 4.07. The summed E-state index contributed by atoms with van der Waals surface area (Å²) in [6.07, 6.45) is 6.61. The largest absolute Gasteiger partial charge is 0.375 e. The van der Waals surface area contributed by atoms with Crippen molar-refractivity contribution in [2.75, 3.05) is 6.61 Å². The fourth-order valence-corrected chi connectivity index (χ4v) is 4.07. The van der Waals surface area contributed by atoms with Gasteiger partial charge in [0.1, 0.15) is 5.78 Å². The van der Waals surface area contributed by atoms with Crippen LogP contribution in [0.3, 0.4) is 0 Å². The van der Waals surface area contributed by atoms with Crippen LogP contribution in [0.5, 0.6) is 0 Å². The van der Waals surface area contributed by atoms with Crippen molar-refractivity contribution < 1.29 is 9.53 Å². The number of rotatable bonds is 3. The summed E-state index contributed by atoms with van der Waals surface area (Å²) in [4.78, 5) is 12.7. The van der Waals surface area contributed by atoms with E-state index in [4.69, 9.17) is 4.74 Å². The van der Waals surface area contributed by atoms with Crippen LogP contribution in [0, 0.1) is 11.8 Å². The minimum atomic E-state index is 0.0930. The Morgan fingerprint density at radius 3 is 2.70 bits per heavy atom. The molecular weight excluding hydrogens is 248 g/mol. The molecule has 0 bridgehead atoms. The average Bonchev–Trinajstić information content (AvgIpc) is 3.26. The number of hydrogen-bond acceptors (Lipinski definition) is 2. The molecule has 3 atom stereocenters. The summed E-state index contributed by atoms with van der Waals surface area (Å²) in [6.45, 7) is 0.791.